The molecule has 7 nitrogen and oxygen atoms in total. The summed E-state index contributed by atoms with van der Waals surface area (Å²) in [5.41, 5.74) is 0.769. The predicted octanol–water partition coefficient (Wildman–Crippen LogP) is 1.79. The number of nitrogens with one attached hydrogen (secondary N) is 1. The molecule has 0 aliphatic heterocycles. The number of benzene rings is 1. The van der Waals surface area contributed by atoms with Gasteiger partial charge in [-0.1, -0.05) is 23.4 Å². The molecule has 0 radical (unpaired) electrons. The second-order valence-corrected chi connectivity index (χ2v) is 4.24. The van der Waals surface area contributed by atoms with Gasteiger partial charge in [-0.3, -0.25) is 4.79 Å². The molecule has 0 atom stereocenters. The second-order valence-electron chi connectivity index (χ2n) is 4.24. The van der Waals surface area contributed by atoms with Crippen molar-refractivity contribution in [1.82, 2.24) is 15.1 Å². The summed E-state index contributed by atoms with van der Waals surface area (Å²) in [5, 5.41) is 12.8. The van der Waals surface area contributed by atoms with Crippen LogP contribution in [0.5, 0.6) is 0 Å². The van der Waals surface area contributed by atoms with E-state index in [1.165, 1.54) is 18.2 Å². The first kappa shape index (κ1) is 12.8. The van der Waals surface area contributed by atoms with Gasteiger partial charge in [0, 0.05) is 11.6 Å². The molecular weight excluding hydrogens is 274 g/mol. The van der Waals surface area contributed by atoms with Gasteiger partial charge in [0.15, 0.2) is 0 Å². The first-order valence-electron chi connectivity index (χ1n) is 6.00. The lowest BCUT2D eigenvalue weighted by Crippen LogP contribution is -2.03. The molecule has 0 saturated carbocycles. The fraction of sp³-hybridized carbons (Fsp3) is 0. The Hall–Kier alpha value is -3.22. The standard InChI is InChI=1S/C14H9N3O4/c18-11-6-2-5-10(15-11)13-16-12(17-21-13)8-3-1-4-9(7-8)14(19)20/h1-7H,(H,15,18)(H,19,20). The molecule has 0 bridgehead atoms. The molecule has 104 valence electrons. The SMILES string of the molecule is O=C(O)c1cccc(-c2noc(-c3cccc(=O)[nH]3)n2)c1. The highest BCUT2D eigenvalue weighted by atomic mass is 16.5. The van der Waals surface area contributed by atoms with Crippen molar-refractivity contribution in [1.29, 1.82) is 0 Å². The van der Waals surface area contributed by atoms with E-state index in [9.17, 15) is 9.59 Å². The van der Waals surface area contributed by atoms with Gasteiger partial charge in [-0.15, -0.1) is 0 Å². The fourth-order valence-corrected chi connectivity index (χ4v) is 1.81. The van der Waals surface area contributed by atoms with Crippen LogP contribution in [0.3, 0.4) is 0 Å². The summed E-state index contributed by atoms with van der Waals surface area (Å²) in [4.78, 5) is 28.9. The third-order valence-corrected chi connectivity index (χ3v) is 2.79. The van der Waals surface area contributed by atoms with Crippen LogP contribution >= 0.6 is 0 Å². The largest absolute Gasteiger partial charge is 0.478 e. The number of pyridine rings is 1. The van der Waals surface area contributed by atoms with Crippen LogP contribution in [-0.4, -0.2) is 26.2 Å². The Labute approximate surface area is 117 Å². The zero-order chi connectivity index (χ0) is 14.8. The number of hydrogen-bond donors (Lipinski definition) is 2. The Kier molecular flexibility index (Phi) is 3.07. The highest BCUT2D eigenvalue weighted by Crippen LogP contribution is 2.21. The van der Waals surface area contributed by atoms with E-state index in [0.29, 0.717) is 11.3 Å². The lowest BCUT2D eigenvalue weighted by atomic mass is 10.1. The average Bonchev–Trinajstić information content (AvgIpc) is 2.97. The van der Waals surface area contributed by atoms with Gasteiger partial charge in [0.25, 0.3) is 5.89 Å². The van der Waals surface area contributed by atoms with Gasteiger partial charge in [0.05, 0.1) is 5.56 Å². The van der Waals surface area contributed by atoms with Crippen LogP contribution in [-0.2, 0) is 0 Å². The number of aromatic carboxylic acids is 1. The Bertz CT molecular complexity index is 866. The predicted molar refractivity (Wildman–Crippen MR) is 72.8 cm³/mol. The molecule has 3 aromatic rings. The average molecular weight is 283 g/mol. The van der Waals surface area contributed by atoms with Crippen LogP contribution in [0.4, 0.5) is 0 Å². The molecule has 7 heteroatoms. The highest BCUT2D eigenvalue weighted by Gasteiger charge is 2.12. The molecule has 2 heterocycles. The molecule has 0 aliphatic carbocycles. The highest BCUT2D eigenvalue weighted by molar-refractivity contribution is 5.89. The lowest BCUT2D eigenvalue weighted by Gasteiger charge is -1.96. The van der Waals surface area contributed by atoms with E-state index in [-0.39, 0.29) is 22.8 Å². The van der Waals surface area contributed by atoms with Crippen molar-refractivity contribution in [2.75, 3.05) is 0 Å². The lowest BCUT2D eigenvalue weighted by molar-refractivity contribution is 0.0697. The van der Waals surface area contributed by atoms with Gasteiger partial charge in [-0.2, -0.15) is 4.98 Å². The monoisotopic (exact) mass is 283 g/mol. The van der Waals surface area contributed by atoms with Crippen LogP contribution in [0.2, 0.25) is 0 Å². The topological polar surface area (TPSA) is 109 Å². The van der Waals surface area contributed by atoms with Crippen LogP contribution in [0.15, 0.2) is 51.8 Å². The normalized spacial score (nSPS) is 10.5. The van der Waals surface area contributed by atoms with Gasteiger partial charge in [0.2, 0.25) is 11.4 Å². The molecule has 0 aliphatic rings. The van der Waals surface area contributed by atoms with Crippen molar-refractivity contribution < 1.29 is 14.4 Å². The molecule has 2 aromatic heterocycles. The van der Waals surface area contributed by atoms with Crippen molar-refractivity contribution in [3.05, 3.63) is 58.4 Å². The van der Waals surface area contributed by atoms with Gasteiger partial charge >= 0.3 is 5.97 Å². The summed E-state index contributed by atoms with van der Waals surface area (Å²) in [6.07, 6.45) is 0. The Balaban J connectivity index is 2.00. The zero-order valence-electron chi connectivity index (χ0n) is 10.6. The molecule has 0 amide bonds. The third-order valence-electron chi connectivity index (χ3n) is 2.79. The smallest absolute Gasteiger partial charge is 0.335 e. The number of aromatic nitrogens is 3. The first-order valence-corrected chi connectivity index (χ1v) is 6.00. The summed E-state index contributed by atoms with van der Waals surface area (Å²) >= 11 is 0. The number of nitrogens with zero attached hydrogens (tertiary/aromatic N) is 2. The van der Waals surface area contributed by atoms with Crippen molar-refractivity contribution in [2.24, 2.45) is 0 Å². The summed E-state index contributed by atoms with van der Waals surface area (Å²) in [5.74, 6) is -0.630. The molecule has 0 unspecified atom stereocenters. The van der Waals surface area contributed by atoms with Gasteiger partial charge in [-0.05, 0) is 18.2 Å². The van der Waals surface area contributed by atoms with Crippen LogP contribution in [0.25, 0.3) is 23.0 Å². The molecule has 21 heavy (non-hydrogen) atoms. The van der Waals surface area contributed by atoms with Gasteiger partial charge in [0.1, 0.15) is 5.69 Å². The molecule has 2 N–H and O–H groups in total. The van der Waals surface area contributed by atoms with E-state index >= 15 is 0 Å². The number of carbonyl (C=O) groups is 1. The van der Waals surface area contributed by atoms with Crippen molar-refractivity contribution in [2.45, 2.75) is 0 Å². The van der Waals surface area contributed by atoms with Crippen LogP contribution in [0.1, 0.15) is 10.4 Å². The first-order chi connectivity index (χ1) is 10.1. The Morgan fingerprint density at radius 2 is 2.00 bits per heavy atom. The molecule has 3 rings (SSSR count). The maximum atomic E-state index is 11.2. The minimum absolute atomic E-state index is 0.131. The number of carboxylic acid groups (broad SMARTS) is 1. The summed E-state index contributed by atoms with van der Waals surface area (Å²) in [6.45, 7) is 0. The number of rotatable bonds is 3. The summed E-state index contributed by atoms with van der Waals surface area (Å²) in [7, 11) is 0. The summed E-state index contributed by atoms with van der Waals surface area (Å²) < 4.78 is 5.08. The van der Waals surface area contributed by atoms with Gasteiger partial charge in [-0.25, -0.2) is 4.79 Å². The number of aromatic amines is 1. The van der Waals surface area contributed by atoms with E-state index in [4.69, 9.17) is 9.63 Å². The van der Waals surface area contributed by atoms with Crippen LogP contribution in [0, 0.1) is 0 Å². The quantitative estimate of drug-likeness (QED) is 0.758. The maximum Gasteiger partial charge on any atom is 0.335 e. The second kappa shape index (κ2) is 5.04. The molecular formula is C14H9N3O4. The van der Waals surface area contributed by atoms with E-state index in [2.05, 4.69) is 15.1 Å². The van der Waals surface area contributed by atoms with E-state index in [0.717, 1.165) is 0 Å². The molecule has 1 aromatic carbocycles. The number of carboxylic acids is 1. The maximum absolute atomic E-state index is 11.2. The minimum atomic E-state index is -1.03. The van der Waals surface area contributed by atoms with Crippen molar-refractivity contribution in [3.63, 3.8) is 0 Å². The summed E-state index contributed by atoms with van der Waals surface area (Å²) in [6, 6.07) is 10.8. The Morgan fingerprint density at radius 1 is 1.19 bits per heavy atom. The van der Waals surface area contributed by atoms with E-state index in [1.807, 2.05) is 0 Å². The Morgan fingerprint density at radius 3 is 2.76 bits per heavy atom. The van der Waals surface area contributed by atoms with E-state index < -0.39 is 5.97 Å². The molecule has 0 fully saturated rings. The number of hydrogen-bond acceptors (Lipinski definition) is 5. The molecule has 0 spiro atoms. The minimum Gasteiger partial charge on any atom is -0.478 e. The van der Waals surface area contributed by atoms with E-state index in [1.54, 1.807) is 24.3 Å². The van der Waals surface area contributed by atoms with Crippen molar-refractivity contribution >= 4 is 5.97 Å². The zero-order valence-corrected chi connectivity index (χ0v) is 10.6. The van der Waals surface area contributed by atoms with Crippen molar-refractivity contribution in [3.8, 4) is 23.0 Å². The van der Waals surface area contributed by atoms with Crippen LogP contribution < -0.4 is 5.56 Å². The third kappa shape index (κ3) is 2.57. The van der Waals surface area contributed by atoms with Gasteiger partial charge < -0.3 is 14.6 Å². The number of H-pyrrole nitrogens is 1. The molecule has 0 saturated heterocycles. The fourth-order valence-electron chi connectivity index (χ4n) is 1.81.